The van der Waals surface area contributed by atoms with Gasteiger partial charge in [0, 0.05) is 12.1 Å². The molecule has 0 bridgehead atoms. The molecule has 0 spiro atoms. The van der Waals surface area contributed by atoms with Gasteiger partial charge in [-0.3, -0.25) is 0 Å². The third kappa shape index (κ3) is 3.97. The molecule has 0 aromatic rings. The average Bonchev–Trinajstić information content (AvgIpc) is 2.18. The molecule has 1 unspecified atom stereocenters. The summed E-state index contributed by atoms with van der Waals surface area (Å²) in [5.74, 6) is 0. The molecule has 1 rings (SSSR count). The summed E-state index contributed by atoms with van der Waals surface area (Å²) in [6.07, 6.45) is 8.29. The maximum Gasteiger partial charge on any atom is 0.0693 e. The smallest absolute Gasteiger partial charge is 0.0693 e. The van der Waals surface area contributed by atoms with Crippen molar-refractivity contribution < 1.29 is 5.11 Å². The molecule has 84 valence electrons. The van der Waals surface area contributed by atoms with E-state index in [1.165, 1.54) is 32.1 Å². The van der Waals surface area contributed by atoms with Crippen molar-refractivity contribution in [3.8, 4) is 0 Å². The van der Waals surface area contributed by atoms with Crippen LogP contribution in [0.15, 0.2) is 0 Å². The molecule has 1 saturated carbocycles. The molecule has 0 aromatic heterocycles. The molecule has 0 saturated heterocycles. The number of hydrogen-bond donors (Lipinski definition) is 2. The van der Waals surface area contributed by atoms with Crippen molar-refractivity contribution in [1.82, 2.24) is 5.32 Å². The van der Waals surface area contributed by atoms with Crippen LogP contribution in [0.25, 0.3) is 0 Å². The van der Waals surface area contributed by atoms with Gasteiger partial charge in [0.25, 0.3) is 0 Å². The first-order valence-corrected chi connectivity index (χ1v) is 6.18. The maximum atomic E-state index is 9.78. The molecule has 2 N–H and O–H groups in total. The number of unbranched alkanes of at least 4 members (excludes halogenated alkanes) is 1. The first kappa shape index (κ1) is 12.0. The summed E-state index contributed by atoms with van der Waals surface area (Å²) in [5, 5.41) is 13.3. The van der Waals surface area contributed by atoms with E-state index < -0.39 is 0 Å². The normalized spacial score (nSPS) is 30.2. The summed E-state index contributed by atoms with van der Waals surface area (Å²) >= 11 is 0. The highest BCUT2D eigenvalue weighted by Crippen LogP contribution is 2.19. The summed E-state index contributed by atoms with van der Waals surface area (Å²) in [5.41, 5.74) is 0. The topological polar surface area (TPSA) is 32.3 Å². The first-order chi connectivity index (χ1) is 6.74. The van der Waals surface area contributed by atoms with Crippen LogP contribution in [0, 0.1) is 0 Å². The molecule has 2 nitrogen and oxygen atoms in total. The Morgan fingerprint density at radius 1 is 1.36 bits per heavy atom. The van der Waals surface area contributed by atoms with Gasteiger partial charge in [-0.25, -0.2) is 0 Å². The Morgan fingerprint density at radius 2 is 2.07 bits per heavy atom. The van der Waals surface area contributed by atoms with Crippen LogP contribution in [-0.2, 0) is 0 Å². The molecular weight excluding hydrogens is 174 g/mol. The molecular formula is C12H25NO. The minimum atomic E-state index is -0.104. The van der Waals surface area contributed by atoms with Crippen LogP contribution in [0.3, 0.4) is 0 Å². The summed E-state index contributed by atoms with van der Waals surface area (Å²) in [6.45, 7) is 4.46. The van der Waals surface area contributed by atoms with Crippen LogP contribution in [0.4, 0.5) is 0 Å². The van der Waals surface area contributed by atoms with Crippen LogP contribution >= 0.6 is 0 Å². The van der Waals surface area contributed by atoms with Gasteiger partial charge in [-0.05, 0) is 26.2 Å². The molecule has 0 radical (unpaired) electrons. The van der Waals surface area contributed by atoms with Gasteiger partial charge in [-0.1, -0.05) is 32.6 Å². The molecule has 2 heteroatoms. The van der Waals surface area contributed by atoms with Gasteiger partial charge < -0.3 is 10.4 Å². The Hall–Kier alpha value is -0.0800. The van der Waals surface area contributed by atoms with Crippen LogP contribution < -0.4 is 5.32 Å². The van der Waals surface area contributed by atoms with Gasteiger partial charge in [0.15, 0.2) is 0 Å². The summed E-state index contributed by atoms with van der Waals surface area (Å²) in [7, 11) is 0. The Bertz CT molecular complexity index is 149. The monoisotopic (exact) mass is 199 g/mol. The molecule has 0 heterocycles. The van der Waals surface area contributed by atoms with Gasteiger partial charge in [0.05, 0.1) is 6.10 Å². The van der Waals surface area contributed by atoms with Crippen molar-refractivity contribution in [2.24, 2.45) is 0 Å². The quantitative estimate of drug-likeness (QED) is 0.713. The highest BCUT2D eigenvalue weighted by atomic mass is 16.3. The first-order valence-electron chi connectivity index (χ1n) is 6.18. The van der Waals surface area contributed by atoms with E-state index in [0.29, 0.717) is 12.1 Å². The molecule has 1 fully saturated rings. The maximum absolute atomic E-state index is 9.78. The fraction of sp³-hybridized carbons (Fsp3) is 1.00. The van der Waals surface area contributed by atoms with Crippen molar-refractivity contribution >= 4 is 0 Å². The van der Waals surface area contributed by atoms with E-state index in [1.54, 1.807) is 0 Å². The number of nitrogens with one attached hydrogen (secondary N) is 1. The zero-order chi connectivity index (χ0) is 10.4. The van der Waals surface area contributed by atoms with E-state index in [1.807, 2.05) is 0 Å². The van der Waals surface area contributed by atoms with Crippen LogP contribution in [0.2, 0.25) is 0 Å². The van der Waals surface area contributed by atoms with Gasteiger partial charge in [-0.15, -0.1) is 0 Å². The lowest BCUT2D eigenvalue weighted by molar-refractivity contribution is 0.0852. The lowest BCUT2D eigenvalue weighted by Crippen LogP contribution is -2.46. The average molecular weight is 199 g/mol. The molecule has 1 aliphatic rings. The van der Waals surface area contributed by atoms with Crippen molar-refractivity contribution in [1.29, 1.82) is 0 Å². The highest BCUT2D eigenvalue weighted by molar-refractivity contribution is 4.82. The van der Waals surface area contributed by atoms with Crippen LogP contribution in [-0.4, -0.2) is 23.3 Å². The fourth-order valence-electron chi connectivity index (χ4n) is 2.26. The van der Waals surface area contributed by atoms with E-state index >= 15 is 0 Å². The van der Waals surface area contributed by atoms with E-state index in [4.69, 9.17) is 0 Å². The second-order valence-corrected chi connectivity index (χ2v) is 4.67. The van der Waals surface area contributed by atoms with Crippen LogP contribution in [0.1, 0.15) is 58.8 Å². The van der Waals surface area contributed by atoms with E-state index in [0.717, 1.165) is 12.8 Å². The summed E-state index contributed by atoms with van der Waals surface area (Å²) in [4.78, 5) is 0. The van der Waals surface area contributed by atoms with Crippen molar-refractivity contribution in [2.45, 2.75) is 77.0 Å². The second kappa shape index (κ2) is 6.41. The Labute approximate surface area is 88.1 Å². The lowest BCUT2D eigenvalue weighted by atomic mass is 9.92. The van der Waals surface area contributed by atoms with Gasteiger partial charge in [0.1, 0.15) is 0 Å². The number of aliphatic hydroxyl groups excluding tert-OH is 1. The minimum Gasteiger partial charge on any atom is -0.392 e. The van der Waals surface area contributed by atoms with Crippen molar-refractivity contribution in [3.63, 3.8) is 0 Å². The van der Waals surface area contributed by atoms with E-state index in [-0.39, 0.29) is 6.10 Å². The predicted molar refractivity (Wildman–Crippen MR) is 60.4 cm³/mol. The largest absolute Gasteiger partial charge is 0.392 e. The van der Waals surface area contributed by atoms with Crippen molar-refractivity contribution in [3.05, 3.63) is 0 Å². The van der Waals surface area contributed by atoms with Crippen molar-refractivity contribution in [2.75, 3.05) is 0 Å². The Balaban J connectivity index is 2.20. The van der Waals surface area contributed by atoms with Crippen LogP contribution in [0.5, 0.6) is 0 Å². The zero-order valence-corrected chi connectivity index (χ0v) is 9.63. The van der Waals surface area contributed by atoms with Gasteiger partial charge in [-0.2, -0.15) is 0 Å². The third-order valence-corrected chi connectivity index (χ3v) is 3.22. The van der Waals surface area contributed by atoms with E-state index in [2.05, 4.69) is 19.2 Å². The minimum absolute atomic E-state index is 0.104. The lowest BCUT2D eigenvalue weighted by Gasteiger charge is -2.31. The third-order valence-electron chi connectivity index (χ3n) is 3.22. The summed E-state index contributed by atoms with van der Waals surface area (Å²) < 4.78 is 0. The predicted octanol–water partition coefficient (Wildman–Crippen LogP) is 2.46. The standard InChI is InChI=1S/C12H25NO/c1-3-4-7-10(2)13-11-8-5-6-9-12(11)14/h10-14H,3-9H2,1-2H3/t10?,11-,12-/m1/s1. The molecule has 14 heavy (non-hydrogen) atoms. The number of aliphatic hydroxyl groups is 1. The highest BCUT2D eigenvalue weighted by Gasteiger charge is 2.23. The zero-order valence-electron chi connectivity index (χ0n) is 9.63. The number of rotatable bonds is 5. The number of hydrogen-bond acceptors (Lipinski definition) is 2. The molecule has 0 aliphatic heterocycles. The fourth-order valence-corrected chi connectivity index (χ4v) is 2.26. The SMILES string of the molecule is CCCCC(C)N[C@@H]1CCCC[C@H]1O. The Morgan fingerprint density at radius 3 is 2.71 bits per heavy atom. The molecule has 0 amide bonds. The second-order valence-electron chi connectivity index (χ2n) is 4.67. The summed E-state index contributed by atoms with van der Waals surface area (Å²) in [6, 6.07) is 0.920. The molecule has 3 atom stereocenters. The molecule has 1 aliphatic carbocycles. The van der Waals surface area contributed by atoms with E-state index in [9.17, 15) is 5.11 Å². The molecule has 0 aromatic carbocycles. The Kier molecular flexibility index (Phi) is 5.49. The van der Waals surface area contributed by atoms with Gasteiger partial charge in [0.2, 0.25) is 0 Å². The van der Waals surface area contributed by atoms with Gasteiger partial charge >= 0.3 is 0 Å².